The Bertz CT molecular complexity index is 699. The molecule has 3 rings (SSSR count). The lowest BCUT2D eigenvalue weighted by Gasteiger charge is -2.35. The van der Waals surface area contributed by atoms with Gasteiger partial charge in [0.1, 0.15) is 0 Å². The Kier molecular flexibility index (Phi) is 4.85. The van der Waals surface area contributed by atoms with Crippen LogP contribution in [0.25, 0.3) is 0 Å². The number of nitrogens with zero attached hydrogens (tertiary/aromatic N) is 4. The van der Waals surface area contributed by atoms with Crippen LogP contribution in [0.5, 0.6) is 0 Å². The molecule has 1 fully saturated rings. The van der Waals surface area contributed by atoms with Crippen LogP contribution in [0.3, 0.4) is 0 Å². The van der Waals surface area contributed by atoms with E-state index < -0.39 is 0 Å². The van der Waals surface area contributed by atoms with E-state index in [4.69, 9.17) is 0 Å². The summed E-state index contributed by atoms with van der Waals surface area (Å²) >= 11 is 0. The van der Waals surface area contributed by atoms with Gasteiger partial charge in [-0.15, -0.1) is 0 Å². The molecule has 1 aliphatic heterocycles. The first-order valence-electron chi connectivity index (χ1n) is 8.46. The van der Waals surface area contributed by atoms with Gasteiger partial charge in [0.05, 0.1) is 11.8 Å². The molecule has 1 saturated heterocycles. The molecular formula is C18H25N5O. The van der Waals surface area contributed by atoms with Crippen molar-refractivity contribution in [3.8, 4) is 0 Å². The molecule has 128 valence electrons. The fraction of sp³-hybridized carbons (Fsp3) is 0.444. The summed E-state index contributed by atoms with van der Waals surface area (Å²) in [5, 5.41) is 7.05. The summed E-state index contributed by atoms with van der Waals surface area (Å²) < 4.78 is 1.70. The summed E-state index contributed by atoms with van der Waals surface area (Å²) in [7, 11) is 1.83. The van der Waals surface area contributed by atoms with E-state index >= 15 is 0 Å². The third kappa shape index (κ3) is 3.43. The van der Waals surface area contributed by atoms with E-state index in [0.717, 1.165) is 44.1 Å². The zero-order valence-corrected chi connectivity index (χ0v) is 14.6. The van der Waals surface area contributed by atoms with E-state index in [9.17, 15) is 4.79 Å². The van der Waals surface area contributed by atoms with Crippen molar-refractivity contribution < 1.29 is 4.79 Å². The van der Waals surface area contributed by atoms with E-state index in [-0.39, 0.29) is 5.91 Å². The number of aromatic nitrogens is 2. The lowest BCUT2D eigenvalue weighted by molar-refractivity contribution is 0.102. The van der Waals surface area contributed by atoms with E-state index in [1.807, 2.05) is 26.1 Å². The molecule has 0 atom stereocenters. The van der Waals surface area contributed by atoms with Crippen LogP contribution >= 0.6 is 0 Å². The number of carbonyl (C=O) groups excluding carboxylic acids is 1. The third-order valence-electron chi connectivity index (χ3n) is 4.79. The van der Waals surface area contributed by atoms with Crippen molar-refractivity contribution in [1.29, 1.82) is 0 Å². The Balaban J connectivity index is 1.62. The Morgan fingerprint density at radius 2 is 1.83 bits per heavy atom. The van der Waals surface area contributed by atoms with Gasteiger partial charge in [0.2, 0.25) is 0 Å². The Morgan fingerprint density at radius 3 is 2.38 bits per heavy atom. The minimum Gasteiger partial charge on any atom is -0.369 e. The number of carbonyl (C=O) groups is 1. The number of rotatable bonds is 4. The number of likely N-dealkylation sites (N-methyl/N-ethyl adjacent to an activating group) is 1. The van der Waals surface area contributed by atoms with Crippen molar-refractivity contribution in [2.75, 3.05) is 42.9 Å². The molecule has 0 radical (unpaired) electrons. The molecule has 1 aromatic carbocycles. The van der Waals surface area contributed by atoms with Crippen LogP contribution in [-0.2, 0) is 7.05 Å². The van der Waals surface area contributed by atoms with Gasteiger partial charge in [0, 0.05) is 50.3 Å². The van der Waals surface area contributed by atoms with Gasteiger partial charge in [-0.25, -0.2) is 0 Å². The molecule has 0 saturated carbocycles. The zero-order valence-electron chi connectivity index (χ0n) is 14.6. The van der Waals surface area contributed by atoms with E-state index in [1.165, 1.54) is 5.69 Å². The maximum Gasteiger partial charge on any atom is 0.259 e. The monoisotopic (exact) mass is 327 g/mol. The minimum absolute atomic E-state index is 0.120. The number of nitrogens with one attached hydrogen (secondary N) is 1. The van der Waals surface area contributed by atoms with E-state index in [1.54, 1.807) is 10.9 Å². The maximum absolute atomic E-state index is 12.3. The second-order valence-corrected chi connectivity index (χ2v) is 6.19. The summed E-state index contributed by atoms with van der Waals surface area (Å²) in [5.41, 5.74) is 3.48. The normalized spacial score (nSPS) is 15.5. The zero-order chi connectivity index (χ0) is 17.1. The molecule has 1 aromatic heterocycles. The van der Waals surface area contributed by atoms with Crippen LogP contribution < -0.4 is 10.2 Å². The molecule has 2 heterocycles. The smallest absolute Gasteiger partial charge is 0.259 e. The molecule has 0 unspecified atom stereocenters. The topological polar surface area (TPSA) is 53.4 Å². The predicted molar refractivity (Wildman–Crippen MR) is 96.7 cm³/mol. The van der Waals surface area contributed by atoms with Gasteiger partial charge in [-0.1, -0.05) is 6.92 Å². The van der Waals surface area contributed by atoms with Gasteiger partial charge in [-0.05, 0) is 37.7 Å². The molecular weight excluding hydrogens is 302 g/mol. The lowest BCUT2D eigenvalue weighted by Crippen LogP contribution is -2.46. The number of hydrogen-bond acceptors (Lipinski definition) is 4. The molecule has 0 aliphatic carbocycles. The molecule has 2 aromatic rings. The van der Waals surface area contributed by atoms with Crippen molar-refractivity contribution in [3.05, 3.63) is 41.7 Å². The highest BCUT2D eigenvalue weighted by molar-refractivity contribution is 6.04. The van der Waals surface area contributed by atoms with Gasteiger partial charge in [-0.2, -0.15) is 5.10 Å². The quantitative estimate of drug-likeness (QED) is 0.935. The Hall–Kier alpha value is -2.34. The third-order valence-corrected chi connectivity index (χ3v) is 4.79. The maximum atomic E-state index is 12.3. The molecule has 1 aliphatic rings. The first kappa shape index (κ1) is 16.5. The molecule has 1 amide bonds. The molecule has 0 spiro atoms. The van der Waals surface area contributed by atoms with Gasteiger partial charge in [0.15, 0.2) is 0 Å². The SMILES string of the molecule is CCN1CCN(c2ccc(NC(=O)c3cnn(C)c3C)cc2)CC1. The van der Waals surface area contributed by atoms with Gasteiger partial charge in [-0.3, -0.25) is 9.48 Å². The van der Waals surface area contributed by atoms with Crippen LogP contribution in [0.4, 0.5) is 11.4 Å². The van der Waals surface area contributed by atoms with Crippen molar-refractivity contribution in [2.24, 2.45) is 7.05 Å². The number of amides is 1. The molecule has 24 heavy (non-hydrogen) atoms. The number of anilines is 2. The van der Waals surface area contributed by atoms with E-state index in [0.29, 0.717) is 5.56 Å². The first-order valence-corrected chi connectivity index (χ1v) is 8.46. The average Bonchev–Trinajstić information content (AvgIpc) is 2.95. The summed E-state index contributed by atoms with van der Waals surface area (Å²) in [6, 6.07) is 8.08. The fourth-order valence-electron chi connectivity index (χ4n) is 3.00. The molecule has 0 bridgehead atoms. The standard InChI is InChI=1S/C18H25N5O/c1-4-22-9-11-23(12-10-22)16-7-5-15(6-8-16)20-18(24)17-13-19-21(3)14(17)2/h5-8,13H,4,9-12H2,1-3H3,(H,20,24). The van der Waals surface area contributed by atoms with Gasteiger partial charge in [0.25, 0.3) is 5.91 Å². The Morgan fingerprint density at radius 1 is 1.17 bits per heavy atom. The van der Waals surface area contributed by atoms with Crippen LogP contribution in [0.2, 0.25) is 0 Å². The first-order chi connectivity index (χ1) is 11.6. The lowest BCUT2D eigenvalue weighted by atomic mass is 10.2. The van der Waals surface area contributed by atoms with Crippen LogP contribution in [0.1, 0.15) is 23.0 Å². The predicted octanol–water partition coefficient (Wildman–Crippen LogP) is 2.12. The van der Waals surface area contributed by atoms with Crippen LogP contribution in [0.15, 0.2) is 30.5 Å². The minimum atomic E-state index is -0.120. The van der Waals surface area contributed by atoms with Crippen LogP contribution in [0, 0.1) is 6.92 Å². The molecule has 6 heteroatoms. The number of benzene rings is 1. The highest BCUT2D eigenvalue weighted by Crippen LogP contribution is 2.20. The Labute approximate surface area is 143 Å². The molecule has 1 N–H and O–H groups in total. The van der Waals surface area contributed by atoms with Crippen molar-refractivity contribution in [3.63, 3.8) is 0 Å². The largest absolute Gasteiger partial charge is 0.369 e. The number of piperazine rings is 1. The average molecular weight is 327 g/mol. The number of aryl methyl sites for hydroxylation is 1. The summed E-state index contributed by atoms with van der Waals surface area (Å²) in [5.74, 6) is -0.120. The summed E-state index contributed by atoms with van der Waals surface area (Å²) in [4.78, 5) is 17.2. The summed E-state index contributed by atoms with van der Waals surface area (Å²) in [6.07, 6.45) is 1.60. The van der Waals surface area contributed by atoms with Crippen molar-refractivity contribution in [1.82, 2.24) is 14.7 Å². The number of hydrogen-bond donors (Lipinski definition) is 1. The van der Waals surface area contributed by atoms with Crippen molar-refractivity contribution >= 4 is 17.3 Å². The highest BCUT2D eigenvalue weighted by Gasteiger charge is 2.16. The summed E-state index contributed by atoms with van der Waals surface area (Å²) in [6.45, 7) is 9.53. The highest BCUT2D eigenvalue weighted by atomic mass is 16.1. The van der Waals surface area contributed by atoms with E-state index in [2.05, 4.69) is 39.3 Å². The van der Waals surface area contributed by atoms with Crippen LogP contribution in [-0.4, -0.2) is 53.3 Å². The second-order valence-electron chi connectivity index (χ2n) is 6.19. The van der Waals surface area contributed by atoms with Crippen molar-refractivity contribution in [2.45, 2.75) is 13.8 Å². The second kappa shape index (κ2) is 7.05. The van der Waals surface area contributed by atoms with Gasteiger partial charge < -0.3 is 15.1 Å². The fourth-order valence-corrected chi connectivity index (χ4v) is 3.00. The molecule has 6 nitrogen and oxygen atoms in total. The van der Waals surface area contributed by atoms with Gasteiger partial charge >= 0.3 is 0 Å².